The fourth-order valence-electron chi connectivity index (χ4n) is 5.13. The average Bonchev–Trinajstić information content (AvgIpc) is 3.33. The van der Waals surface area contributed by atoms with Crippen molar-refractivity contribution in [1.29, 1.82) is 0 Å². The highest BCUT2D eigenvalue weighted by Crippen LogP contribution is 2.32. The molecule has 0 bridgehead atoms. The summed E-state index contributed by atoms with van der Waals surface area (Å²) in [6, 6.07) is 10.6. The van der Waals surface area contributed by atoms with Gasteiger partial charge in [-0.05, 0) is 47.4 Å². The Bertz CT molecular complexity index is 1440. The Hall–Kier alpha value is -4.15. The van der Waals surface area contributed by atoms with E-state index in [0.29, 0.717) is 48.7 Å². The van der Waals surface area contributed by atoms with E-state index < -0.39 is 11.7 Å². The van der Waals surface area contributed by atoms with Gasteiger partial charge in [-0.1, -0.05) is 12.1 Å². The minimum atomic E-state index is -2.71. The maximum absolute atomic E-state index is 14.6. The van der Waals surface area contributed by atoms with Gasteiger partial charge >= 0.3 is 6.03 Å². The number of carbonyl (C=O) groups is 2. The van der Waals surface area contributed by atoms with Crippen LogP contribution in [-0.2, 0) is 19.5 Å². The first kappa shape index (κ1) is 24.2. The number of urea groups is 1. The summed E-state index contributed by atoms with van der Waals surface area (Å²) in [5, 5.41) is 5.79. The first-order valence-corrected chi connectivity index (χ1v) is 12.5. The summed E-state index contributed by atoms with van der Waals surface area (Å²) >= 11 is 0. The molecule has 2 aromatic carbocycles. The lowest BCUT2D eigenvalue weighted by Gasteiger charge is -2.34. The summed E-state index contributed by atoms with van der Waals surface area (Å²) in [5.41, 5.74) is 4.64. The standard InChI is InChI=1S/C27H25F3N6O2/c28-22-13-32-23(34-24(22)33-20-3-4-21-16(12-20)5-8-31-25(21)37)17-1-2-18-14-36(15-19(18)11-17)26(38)35-9-6-27(29,30)7-10-35/h1-4,11-13H,5-10,14-15H2,(H,31,37)(H,32,33,34). The quantitative estimate of drug-likeness (QED) is 0.530. The molecule has 0 aliphatic carbocycles. The molecule has 1 fully saturated rings. The molecule has 2 N–H and O–H groups in total. The van der Waals surface area contributed by atoms with Gasteiger partial charge in [0.15, 0.2) is 17.5 Å². The lowest BCUT2D eigenvalue weighted by atomic mass is 10.00. The molecule has 8 nitrogen and oxygen atoms in total. The molecule has 1 aromatic heterocycles. The number of benzene rings is 2. The van der Waals surface area contributed by atoms with Gasteiger partial charge in [-0.15, -0.1) is 0 Å². The number of hydrogen-bond acceptors (Lipinski definition) is 5. The highest BCUT2D eigenvalue weighted by Gasteiger charge is 2.37. The number of amides is 3. The molecule has 6 rings (SSSR count). The van der Waals surface area contributed by atoms with Crippen molar-refractivity contribution in [3.8, 4) is 11.4 Å². The number of halogens is 3. The van der Waals surface area contributed by atoms with E-state index in [0.717, 1.165) is 22.9 Å². The molecule has 3 aliphatic heterocycles. The van der Waals surface area contributed by atoms with Crippen LogP contribution in [0.2, 0.25) is 0 Å². The fourth-order valence-corrected chi connectivity index (χ4v) is 5.13. The van der Waals surface area contributed by atoms with Crippen LogP contribution in [0.15, 0.2) is 42.6 Å². The van der Waals surface area contributed by atoms with Crippen molar-refractivity contribution in [2.75, 3.05) is 25.0 Å². The second-order valence-corrected chi connectivity index (χ2v) is 9.86. The minimum absolute atomic E-state index is 0.00872. The van der Waals surface area contributed by atoms with Crippen molar-refractivity contribution in [2.45, 2.75) is 38.3 Å². The lowest BCUT2D eigenvalue weighted by Crippen LogP contribution is -2.47. The molecular formula is C27H25F3N6O2. The Morgan fingerprint density at radius 3 is 2.61 bits per heavy atom. The third kappa shape index (κ3) is 4.64. The van der Waals surface area contributed by atoms with E-state index in [1.165, 1.54) is 4.90 Å². The summed E-state index contributed by atoms with van der Waals surface area (Å²) < 4.78 is 41.6. The molecule has 0 atom stereocenters. The summed E-state index contributed by atoms with van der Waals surface area (Å²) in [5.74, 6) is -3.12. The molecule has 38 heavy (non-hydrogen) atoms. The van der Waals surface area contributed by atoms with Crippen LogP contribution in [0.5, 0.6) is 0 Å². The molecule has 0 saturated carbocycles. The van der Waals surface area contributed by atoms with Crippen LogP contribution in [0.25, 0.3) is 11.4 Å². The highest BCUT2D eigenvalue weighted by atomic mass is 19.3. The number of anilines is 2. The zero-order valence-electron chi connectivity index (χ0n) is 20.4. The maximum Gasteiger partial charge on any atom is 0.320 e. The van der Waals surface area contributed by atoms with Gasteiger partial charge in [0.05, 0.1) is 6.20 Å². The number of likely N-dealkylation sites (tertiary alicyclic amines) is 1. The van der Waals surface area contributed by atoms with Gasteiger partial charge in [0.2, 0.25) is 0 Å². The number of carbonyl (C=O) groups excluding carboxylic acids is 2. The third-order valence-corrected chi connectivity index (χ3v) is 7.26. The normalized spacial score (nSPS) is 18.0. The van der Waals surface area contributed by atoms with E-state index in [-0.39, 0.29) is 43.7 Å². The molecule has 4 heterocycles. The highest BCUT2D eigenvalue weighted by molar-refractivity contribution is 5.97. The number of piperidine rings is 1. The smallest absolute Gasteiger partial charge is 0.320 e. The van der Waals surface area contributed by atoms with E-state index in [4.69, 9.17) is 0 Å². The molecular weight excluding hydrogens is 497 g/mol. The molecule has 3 aliphatic rings. The molecule has 0 radical (unpaired) electrons. The van der Waals surface area contributed by atoms with Gasteiger partial charge in [-0.2, -0.15) is 0 Å². The fraction of sp³-hybridized carbons (Fsp3) is 0.333. The molecule has 3 aromatic rings. The Kier molecular flexibility index (Phi) is 5.93. The van der Waals surface area contributed by atoms with Crippen LogP contribution in [0.4, 0.5) is 29.5 Å². The second kappa shape index (κ2) is 9.30. The Balaban J connectivity index is 1.18. The third-order valence-electron chi connectivity index (χ3n) is 7.26. The van der Waals surface area contributed by atoms with Crippen molar-refractivity contribution in [3.63, 3.8) is 0 Å². The topological polar surface area (TPSA) is 90.5 Å². The van der Waals surface area contributed by atoms with Gasteiger partial charge in [0, 0.05) is 62.4 Å². The van der Waals surface area contributed by atoms with Crippen LogP contribution in [0.3, 0.4) is 0 Å². The monoisotopic (exact) mass is 522 g/mol. The van der Waals surface area contributed by atoms with Crippen LogP contribution in [0, 0.1) is 5.82 Å². The number of fused-ring (bicyclic) bond motifs is 2. The maximum atomic E-state index is 14.6. The number of alkyl halides is 2. The minimum Gasteiger partial charge on any atom is -0.352 e. The lowest BCUT2D eigenvalue weighted by molar-refractivity contribution is -0.0492. The first-order valence-electron chi connectivity index (χ1n) is 12.5. The van der Waals surface area contributed by atoms with Crippen molar-refractivity contribution in [1.82, 2.24) is 25.1 Å². The molecule has 1 saturated heterocycles. The van der Waals surface area contributed by atoms with Crippen molar-refractivity contribution >= 4 is 23.4 Å². The number of rotatable bonds is 3. The van der Waals surface area contributed by atoms with E-state index >= 15 is 0 Å². The number of nitrogens with zero attached hydrogens (tertiary/aromatic N) is 4. The average molecular weight is 523 g/mol. The van der Waals surface area contributed by atoms with Crippen molar-refractivity contribution in [2.24, 2.45) is 0 Å². The molecule has 3 amide bonds. The predicted molar refractivity (Wildman–Crippen MR) is 134 cm³/mol. The van der Waals surface area contributed by atoms with Crippen LogP contribution in [0.1, 0.15) is 39.9 Å². The van der Waals surface area contributed by atoms with Crippen LogP contribution >= 0.6 is 0 Å². The Labute approximate surface area is 216 Å². The largest absolute Gasteiger partial charge is 0.352 e. The van der Waals surface area contributed by atoms with E-state index in [9.17, 15) is 22.8 Å². The molecule has 0 spiro atoms. The Morgan fingerprint density at radius 2 is 1.79 bits per heavy atom. The van der Waals surface area contributed by atoms with E-state index in [2.05, 4.69) is 20.6 Å². The summed E-state index contributed by atoms with van der Waals surface area (Å²) in [4.78, 5) is 36.6. The SMILES string of the molecule is O=C1NCCc2cc(Nc3nc(-c4ccc5c(c4)CN(C(=O)N4CCC(F)(F)CC4)C5)ncc3F)ccc21. The summed E-state index contributed by atoms with van der Waals surface area (Å²) in [6.45, 7) is 1.39. The number of hydrogen-bond donors (Lipinski definition) is 2. The zero-order valence-corrected chi connectivity index (χ0v) is 20.4. The first-order chi connectivity index (χ1) is 18.3. The molecule has 11 heteroatoms. The predicted octanol–water partition coefficient (Wildman–Crippen LogP) is 4.48. The van der Waals surface area contributed by atoms with Crippen LogP contribution < -0.4 is 10.6 Å². The number of nitrogens with one attached hydrogen (secondary N) is 2. The van der Waals surface area contributed by atoms with Crippen molar-refractivity contribution in [3.05, 3.63) is 70.7 Å². The summed E-state index contributed by atoms with van der Waals surface area (Å²) in [6.07, 6.45) is 1.16. The van der Waals surface area contributed by atoms with Crippen molar-refractivity contribution < 1.29 is 22.8 Å². The zero-order chi connectivity index (χ0) is 26.4. The van der Waals surface area contributed by atoms with Crippen LogP contribution in [-0.4, -0.2) is 57.3 Å². The molecule has 196 valence electrons. The second-order valence-electron chi connectivity index (χ2n) is 9.86. The molecule has 0 unspecified atom stereocenters. The van der Waals surface area contributed by atoms with Gasteiger partial charge in [0.25, 0.3) is 11.8 Å². The van der Waals surface area contributed by atoms with E-state index in [1.54, 1.807) is 17.0 Å². The van der Waals surface area contributed by atoms with Gasteiger partial charge in [-0.25, -0.2) is 27.9 Å². The van der Waals surface area contributed by atoms with Gasteiger partial charge < -0.3 is 20.4 Å². The Morgan fingerprint density at radius 1 is 1.00 bits per heavy atom. The number of aromatic nitrogens is 2. The van der Waals surface area contributed by atoms with Gasteiger partial charge in [-0.3, -0.25) is 4.79 Å². The van der Waals surface area contributed by atoms with E-state index in [1.807, 2.05) is 24.3 Å². The summed E-state index contributed by atoms with van der Waals surface area (Å²) in [7, 11) is 0. The van der Waals surface area contributed by atoms with Gasteiger partial charge in [0.1, 0.15) is 0 Å².